The topological polar surface area (TPSA) is 175 Å². The Hall–Kier alpha value is -3.68. The molecule has 1 heterocycles. The van der Waals surface area contributed by atoms with Gasteiger partial charge in [0.05, 0.1) is 25.4 Å². The molecule has 0 bridgehead atoms. The second-order valence-corrected chi connectivity index (χ2v) is 20.7. The van der Waals surface area contributed by atoms with Crippen molar-refractivity contribution < 1.29 is 49.3 Å². The van der Waals surface area contributed by atoms with Gasteiger partial charge in [0.25, 0.3) is 0 Å². The van der Waals surface area contributed by atoms with Crippen LogP contribution in [0, 0.1) is 0 Å². The lowest BCUT2D eigenvalue weighted by Crippen LogP contribution is -2.61. The summed E-state index contributed by atoms with van der Waals surface area (Å²) in [7, 11) is 0. The number of carbonyl (C=O) groups is 2. The molecule has 1 fully saturated rings. The van der Waals surface area contributed by atoms with E-state index in [1.54, 1.807) is 12.2 Å². The van der Waals surface area contributed by atoms with Crippen LogP contribution in [0.15, 0.2) is 109 Å². The highest BCUT2D eigenvalue weighted by Gasteiger charge is 2.47. The molecule has 0 aromatic carbocycles. The zero-order valence-electron chi connectivity index (χ0n) is 48.5. The normalized spacial score (nSPS) is 19.8. The fourth-order valence-electron chi connectivity index (χ4n) is 8.81. The Kier molecular flexibility index (Phi) is 49.1. The number of esters is 1. The molecule has 440 valence electrons. The summed E-state index contributed by atoms with van der Waals surface area (Å²) in [6.07, 6.45) is 61.4. The maximum absolute atomic E-state index is 13.4. The van der Waals surface area contributed by atoms with E-state index in [1.807, 2.05) is 18.2 Å². The number of unbranched alkanes of at least 4 members (excludes halogenated alkanes) is 21. The Bertz CT molecular complexity index is 1660. The molecule has 1 rings (SSSR count). The molecule has 0 aromatic rings. The Morgan fingerprint density at radius 1 is 0.519 bits per heavy atom. The number of aliphatic hydroxyl groups is 5. The standard InChI is InChI=1S/C66H111NO10/c1-4-7-10-13-16-19-22-25-27-29-31-32-35-38-41-44-47-50-53-59(70)65(74)67-57(58(69)52-49-46-43-40-37-34-24-21-18-15-12-9-6-3)56-75-66-64(63(73)62(72)60(55-68)76-66)77-61(71)54-51-48-45-42-39-36-33-30-28-26-23-20-17-14-11-8-5-2/h7,10,16-17,19-20,25-28,31-32,38,41,47,49-50,52,57-60,62-64,66,68-70,72-73H,4-6,8-9,11-15,18,21-24,29-30,33-37,39-40,42-46,48,51,53-56H2,1-3H3,(H,67,74)/b10-7-,19-16-,20-17-,27-25-,28-26-,32-31-,41-38-,50-47-,52-49+. The maximum atomic E-state index is 13.4. The van der Waals surface area contributed by atoms with Crippen LogP contribution in [0.25, 0.3) is 0 Å². The van der Waals surface area contributed by atoms with Crippen LogP contribution < -0.4 is 5.32 Å². The summed E-state index contributed by atoms with van der Waals surface area (Å²) >= 11 is 0. The van der Waals surface area contributed by atoms with E-state index in [1.165, 1.54) is 83.5 Å². The maximum Gasteiger partial charge on any atom is 0.306 e. The molecule has 6 N–H and O–H groups in total. The van der Waals surface area contributed by atoms with Crippen LogP contribution in [-0.4, -0.2) is 99.6 Å². The summed E-state index contributed by atoms with van der Waals surface area (Å²) in [5.41, 5.74) is 0. The smallest absolute Gasteiger partial charge is 0.306 e. The molecule has 11 heteroatoms. The molecule has 1 aliphatic heterocycles. The fourth-order valence-corrected chi connectivity index (χ4v) is 8.81. The SMILES string of the molecule is CC/C=C\C/C=C\C/C=C\C/C=C\C/C=C\C/C=C\CC(O)C(=O)NC(COC1OC(CO)C(O)C(O)C1OC(=O)CCCCCCCCC/C=C\C/C=C\CCCCC)C(O)/C=C/CCCCCCCCCCCCC. The zero-order valence-corrected chi connectivity index (χ0v) is 48.5. The van der Waals surface area contributed by atoms with Crippen molar-refractivity contribution >= 4 is 11.9 Å². The minimum absolute atomic E-state index is 0.0521. The van der Waals surface area contributed by atoms with Crippen molar-refractivity contribution in [2.45, 2.75) is 282 Å². The van der Waals surface area contributed by atoms with Gasteiger partial charge in [0, 0.05) is 12.8 Å². The van der Waals surface area contributed by atoms with Crippen molar-refractivity contribution in [1.29, 1.82) is 0 Å². The van der Waals surface area contributed by atoms with Gasteiger partial charge in [-0.05, 0) is 89.9 Å². The number of hydrogen-bond donors (Lipinski definition) is 6. The number of amides is 1. The van der Waals surface area contributed by atoms with Gasteiger partial charge in [-0.2, -0.15) is 0 Å². The molecular weight excluding hydrogens is 967 g/mol. The molecule has 1 saturated heterocycles. The average Bonchev–Trinajstić information content (AvgIpc) is 3.43. The first-order valence-electron chi connectivity index (χ1n) is 30.7. The number of ether oxygens (including phenoxy) is 3. The van der Waals surface area contributed by atoms with Gasteiger partial charge in [0.1, 0.15) is 24.4 Å². The molecule has 0 aromatic heterocycles. The van der Waals surface area contributed by atoms with Crippen molar-refractivity contribution in [2.24, 2.45) is 0 Å². The molecule has 1 aliphatic rings. The Labute approximate surface area is 468 Å². The van der Waals surface area contributed by atoms with E-state index in [0.717, 1.165) is 103 Å². The van der Waals surface area contributed by atoms with Crippen LogP contribution in [0.5, 0.6) is 0 Å². The number of hydrogen-bond acceptors (Lipinski definition) is 10. The van der Waals surface area contributed by atoms with Crippen molar-refractivity contribution in [3.05, 3.63) is 109 Å². The Morgan fingerprint density at radius 2 is 0.935 bits per heavy atom. The first-order chi connectivity index (χ1) is 37.7. The van der Waals surface area contributed by atoms with Gasteiger partial charge in [-0.25, -0.2) is 0 Å². The van der Waals surface area contributed by atoms with Crippen LogP contribution in [0.3, 0.4) is 0 Å². The minimum atomic E-state index is -1.64. The van der Waals surface area contributed by atoms with Crippen LogP contribution in [0.4, 0.5) is 0 Å². The molecule has 0 saturated carbocycles. The van der Waals surface area contributed by atoms with Gasteiger partial charge in [0.2, 0.25) is 5.91 Å². The summed E-state index contributed by atoms with van der Waals surface area (Å²) in [4.78, 5) is 26.5. The Morgan fingerprint density at radius 3 is 1.43 bits per heavy atom. The van der Waals surface area contributed by atoms with E-state index < -0.39 is 67.4 Å². The summed E-state index contributed by atoms with van der Waals surface area (Å²) in [6, 6.07) is -1.07. The largest absolute Gasteiger partial charge is 0.454 e. The third-order valence-electron chi connectivity index (χ3n) is 13.7. The lowest BCUT2D eigenvalue weighted by Gasteiger charge is -2.41. The van der Waals surface area contributed by atoms with Crippen LogP contribution in [-0.2, 0) is 23.8 Å². The summed E-state index contributed by atoms with van der Waals surface area (Å²) in [6.45, 7) is 5.59. The van der Waals surface area contributed by atoms with Gasteiger partial charge in [-0.1, -0.05) is 239 Å². The third kappa shape index (κ3) is 41.1. The van der Waals surface area contributed by atoms with Gasteiger partial charge in [-0.15, -0.1) is 0 Å². The predicted octanol–water partition coefficient (Wildman–Crippen LogP) is 14.5. The minimum Gasteiger partial charge on any atom is -0.454 e. The van der Waals surface area contributed by atoms with Crippen molar-refractivity contribution in [3.63, 3.8) is 0 Å². The number of allylic oxidation sites excluding steroid dienone is 16. The molecule has 1 amide bonds. The van der Waals surface area contributed by atoms with Crippen LogP contribution in [0.1, 0.15) is 233 Å². The fraction of sp³-hybridized carbons (Fsp3) is 0.697. The third-order valence-corrected chi connectivity index (χ3v) is 13.7. The average molecular weight is 1080 g/mol. The Balaban J connectivity index is 2.77. The number of carbonyl (C=O) groups excluding carboxylic acids is 2. The van der Waals surface area contributed by atoms with Crippen molar-refractivity contribution in [1.82, 2.24) is 5.32 Å². The monoisotopic (exact) mass is 1080 g/mol. The molecule has 8 unspecified atom stereocenters. The van der Waals surface area contributed by atoms with E-state index in [-0.39, 0.29) is 19.4 Å². The molecule has 11 nitrogen and oxygen atoms in total. The van der Waals surface area contributed by atoms with Crippen molar-refractivity contribution in [2.75, 3.05) is 13.2 Å². The number of rotatable bonds is 50. The second-order valence-electron chi connectivity index (χ2n) is 20.7. The predicted molar refractivity (Wildman–Crippen MR) is 319 cm³/mol. The highest BCUT2D eigenvalue weighted by Crippen LogP contribution is 2.26. The van der Waals surface area contributed by atoms with E-state index in [0.29, 0.717) is 12.8 Å². The van der Waals surface area contributed by atoms with Gasteiger partial charge < -0.3 is 45.1 Å². The summed E-state index contributed by atoms with van der Waals surface area (Å²) in [5, 5.41) is 56.8. The lowest BCUT2D eigenvalue weighted by atomic mass is 9.99. The second kappa shape index (κ2) is 53.0. The zero-order chi connectivity index (χ0) is 56.1. The van der Waals surface area contributed by atoms with E-state index >= 15 is 0 Å². The first kappa shape index (κ1) is 71.3. The van der Waals surface area contributed by atoms with Crippen LogP contribution >= 0.6 is 0 Å². The highest BCUT2D eigenvalue weighted by atomic mass is 16.7. The molecule has 0 aliphatic carbocycles. The number of nitrogens with one attached hydrogen (secondary N) is 1. The van der Waals surface area contributed by atoms with Gasteiger partial charge in [-0.3, -0.25) is 9.59 Å². The molecular formula is C66H111NO10. The van der Waals surface area contributed by atoms with E-state index in [2.05, 4.69) is 105 Å². The lowest BCUT2D eigenvalue weighted by molar-refractivity contribution is -0.305. The molecule has 0 spiro atoms. The molecule has 77 heavy (non-hydrogen) atoms. The summed E-state index contributed by atoms with van der Waals surface area (Å²) < 4.78 is 17.6. The van der Waals surface area contributed by atoms with Crippen LogP contribution in [0.2, 0.25) is 0 Å². The molecule has 8 atom stereocenters. The number of aliphatic hydroxyl groups excluding tert-OH is 5. The molecule has 0 radical (unpaired) electrons. The van der Waals surface area contributed by atoms with E-state index in [9.17, 15) is 35.1 Å². The van der Waals surface area contributed by atoms with E-state index in [4.69, 9.17) is 14.2 Å². The van der Waals surface area contributed by atoms with Gasteiger partial charge >= 0.3 is 5.97 Å². The highest BCUT2D eigenvalue weighted by molar-refractivity contribution is 5.81. The van der Waals surface area contributed by atoms with Gasteiger partial charge in [0.15, 0.2) is 12.4 Å². The first-order valence-corrected chi connectivity index (χ1v) is 30.7. The summed E-state index contributed by atoms with van der Waals surface area (Å²) in [5.74, 6) is -1.30. The van der Waals surface area contributed by atoms with Crippen molar-refractivity contribution in [3.8, 4) is 0 Å². The quantitative estimate of drug-likeness (QED) is 0.0195.